The Hall–Kier alpha value is -0.570. The molecule has 2 rings (SSSR count). The smallest absolute Gasteiger partial charge is 0.234 e. The first-order valence-electron chi connectivity index (χ1n) is 7.39. The van der Waals surface area contributed by atoms with Crippen LogP contribution in [0.2, 0.25) is 0 Å². The third-order valence-electron chi connectivity index (χ3n) is 4.60. The molecule has 0 aromatic carbocycles. The van der Waals surface area contributed by atoms with Crippen molar-refractivity contribution in [1.82, 2.24) is 10.6 Å². The molecule has 3 nitrogen and oxygen atoms in total. The van der Waals surface area contributed by atoms with Crippen LogP contribution in [0.1, 0.15) is 53.4 Å². The summed E-state index contributed by atoms with van der Waals surface area (Å²) in [6.45, 7) is 8.86. The Labute approximate surface area is 111 Å². The van der Waals surface area contributed by atoms with Gasteiger partial charge in [0.2, 0.25) is 5.91 Å². The molecular formula is C15H28N2O. The van der Waals surface area contributed by atoms with E-state index in [2.05, 4.69) is 38.3 Å². The first kappa shape index (κ1) is 13.9. The van der Waals surface area contributed by atoms with Crippen molar-refractivity contribution in [3.05, 3.63) is 0 Å². The summed E-state index contributed by atoms with van der Waals surface area (Å²) in [6, 6.07) is 0.342. The molecule has 0 aromatic rings. The molecule has 0 radical (unpaired) electrons. The van der Waals surface area contributed by atoms with Gasteiger partial charge in [-0.05, 0) is 64.7 Å². The van der Waals surface area contributed by atoms with Gasteiger partial charge in [0.15, 0.2) is 0 Å². The molecule has 3 heteroatoms. The van der Waals surface area contributed by atoms with Gasteiger partial charge in [-0.2, -0.15) is 0 Å². The minimum absolute atomic E-state index is 0.00695. The van der Waals surface area contributed by atoms with Crippen LogP contribution in [-0.2, 0) is 4.79 Å². The van der Waals surface area contributed by atoms with Crippen molar-refractivity contribution in [2.45, 2.75) is 65.0 Å². The van der Waals surface area contributed by atoms with Crippen LogP contribution >= 0.6 is 0 Å². The maximum Gasteiger partial charge on any atom is 0.234 e. The molecule has 104 valence electrons. The fraction of sp³-hybridized carbons (Fsp3) is 0.933. The molecule has 2 aliphatic carbocycles. The van der Waals surface area contributed by atoms with E-state index in [-0.39, 0.29) is 11.4 Å². The number of amides is 1. The van der Waals surface area contributed by atoms with E-state index in [4.69, 9.17) is 0 Å². The Morgan fingerprint density at radius 3 is 2.50 bits per heavy atom. The summed E-state index contributed by atoms with van der Waals surface area (Å²) in [5.41, 5.74) is 0.00695. The van der Waals surface area contributed by atoms with Gasteiger partial charge in [-0.1, -0.05) is 6.42 Å². The Balaban J connectivity index is 1.74. The maximum atomic E-state index is 11.9. The van der Waals surface area contributed by atoms with Gasteiger partial charge in [0, 0.05) is 11.6 Å². The molecular weight excluding hydrogens is 224 g/mol. The fourth-order valence-corrected chi connectivity index (χ4v) is 3.66. The molecule has 2 bridgehead atoms. The molecule has 1 amide bonds. The minimum Gasteiger partial charge on any atom is -0.352 e. The molecule has 0 aliphatic heterocycles. The standard InChI is InChI=1S/C15H28N2O/c1-10(13-8-11-5-6-12(13)7-11)17-14(18)9-16-15(2,3)4/h10-13,16H,5-9H2,1-4H3,(H,17,18)/t10-,11-,12-,13+/m1/s1. The number of carbonyl (C=O) groups is 1. The van der Waals surface area contributed by atoms with E-state index in [0.717, 1.165) is 17.8 Å². The molecule has 18 heavy (non-hydrogen) atoms. The average molecular weight is 252 g/mol. The third-order valence-corrected chi connectivity index (χ3v) is 4.60. The van der Waals surface area contributed by atoms with Gasteiger partial charge in [0.1, 0.15) is 0 Å². The third kappa shape index (κ3) is 3.47. The maximum absolute atomic E-state index is 11.9. The number of nitrogens with one attached hydrogen (secondary N) is 2. The largest absolute Gasteiger partial charge is 0.352 e. The van der Waals surface area contributed by atoms with E-state index < -0.39 is 0 Å². The second-order valence-corrected chi connectivity index (χ2v) is 7.30. The summed E-state index contributed by atoms with van der Waals surface area (Å²) in [5.74, 6) is 2.69. The number of hydrogen-bond donors (Lipinski definition) is 2. The lowest BCUT2D eigenvalue weighted by atomic mass is 9.84. The van der Waals surface area contributed by atoms with Crippen LogP contribution in [0, 0.1) is 17.8 Å². The van der Waals surface area contributed by atoms with Crippen molar-refractivity contribution < 1.29 is 4.79 Å². The molecule has 2 N–H and O–H groups in total. The number of fused-ring (bicyclic) bond motifs is 2. The van der Waals surface area contributed by atoms with Gasteiger partial charge in [0.05, 0.1) is 6.54 Å². The highest BCUT2D eigenvalue weighted by Gasteiger charge is 2.42. The van der Waals surface area contributed by atoms with Crippen LogP contribution in [0.3, 0.4) is 0 Å². The number of carbonyl (C=O) groups excluding carboxylic acids is 1. The van der Waals surface area contributed by atoms with E-state index in [1.54, 1.807) is 0 Å². The highest BCUT2D eigenvalue weighted by molar-refractivity contribution is 5.78. The highest BCUT2D eigenvalue weighted by atomic mass is 16.2. The summed E-state index contributed by atoms with van der Waals surface area (Å²) in [5, 5.41) is 6.42. The van der Waals surface area contributed by atoms with Crippen molar-refractivity contribution in [3.63, 3.8) is 0 Å². The summed E-state index contributed by atoms with van der Waals surface area (Å²) in [4.78, 5) is 11.9. The van der Waals surface area contributed by atoms with E-state index >= 15 is 0 Å². The van der Waals surface area contributed by atoms with Gasteiger partial charge in [-0.3, -0.25) is 4.79 Å². The van der Waals surface area contributed by atoms with Crippen molar-refractivity contribution in [2.24, 2.45) is 17.8 Å². The monoisotopic (exact) mass is 252 g/mol. The lowest BCUT2D eigenvalue weighted by Crippen LogP contribution is -2.47. The first-order chi connectivity index (χ1) is 8.35. The predicted octanol–water partition coefficient (Wildman–Crippen LogP) is 2.32. The summed E-state index contributed by atoms with van der Waals surface area (Å²) in [6.07, 6.45) is 5.55. The summed E-state index contributed by atoms with van der Waals surface area (Å²) < 4.78 is 0. The lowest BCUT2D eigenvalue weighted by molar-refractivity contribution is -0.121. The van der Waals surface area contributed by atoms with Crippen molar-refractivity contribution >= 4 is 5.91 Å². The predicted molar refractivity (Wildman–Crippen MR) is 74.3 cm³/mol. The van der Waals surface area contributed by atoms with Crippen molar-refractivity contribution in [1.29, 1.82) is 0 Å². The lowest BCUT2D eigenvalue weighted by Gasteiger charge is -2.29. The summed E-state index contributed by atoms with van der Waals surface area (Å²) >= 11 is 0. The molecule has 2 saturated carbocycles. The molecule has 0 spiro atoms. The van der Waals surface area contributed by atoms with Crippen LogP contribution in [0.4, 0.5) is 0 Å². The molecule has 2 fully saturated rings. The zero-order chi connectivity index (χ0) is 13.3. The van der Waals surface area contributed by atoms with Gasteiger partial charge in [-0.15, -0.1) is 0 Å². The van der Waals surface area contributed by atoms with Gasteiger partial charge < -0.3 is 10.6 Å². The Morgan fingerprint density at radius 1 is 1.28 bits per heavy atom. The SMILES string of the molecule is C[C@@H](NC(=O)CNC(C)(C)C)[C@@H]1C[C@@H]2CC[C@@H]1C2. The molecule has 4 atom stereocenters. The normalized spacial score (nSPS) is 32.6. The zero-order valence-electron chi connectivity index (χ0n) is 12.3. The summed E-state index contributed by atoms with van der Waals surface area (Å²) in [7, 11) is 0. The molecule has 0 saturated heterocycles. The molecule has 2 aliphatic rings. The zero-order valence-corrected chi connectivity index (χ0v) is 12.3. The van der Waals surface area contributed by atoms with E-state index in [1.165, 1.54) is 25.7 Å². The highest BCUT2D eigenvalue weighted by Crippen LogP contribution is 2.49. The molecule has 0 heterocycles. The van der Waals surface area contributed by atoms with Gasteiger partial charge >= 0.3 is 0 Å². The van der Waals surface area contributed by atoms with Crippen LogP contribution in [0.25, 0.3) is 0 Å². The van der Waals surface area contributed by atoms with Crippen LogP contribution in [0.15, 0.2) is 0 Å². The van der Waals surface area contributed by atoms with Gasteiger partial charge in [-0.25, -0.2) is 0 Å². The number of hydrogen-bond acceptors (Lipinski definition) is 2. The van der Waals surface area contributed by atoms with Crippen molar-refractivity contribution in [3.8, 4) is 0 Å². The Morgan fingerprint density at radius 2 is 2.00 bits per heavy atom. The molecule has 0 unspecified atom stereocenters. The van der Waals surface area contributed by atoms with Crippen LogP contribution in [0.5, 0.6) is 0 Å². The first-order valence-corrected chi connectivity index (χ1v) is 7.39. The van der Waals surface area contributed by atoms with Crippen molar-refractivity contribution in [2.75, 3.05) is 6.54 Å². The second kappa shape index (κ2) is 5.20. The molecule has 0 aromatic heterocycles. The quantitative estimate of drug-likeness (QED) is 0.806. The van der Waals surface area contributed by atoms with Crippen LogP contribution in [-0.4, -0.2) is 24.0 Å². The van der Waals surface area contributed by atoms with E-state index in [1.807, 2.05) is 0 Å². The minimum atomic E-state index is 0.00695. The van der Waals surface area contributed by atoms with E-state index in [9.17, 15) is 4.79 Å². The topological polar surface area (TPSA) is 41.1 Å². The Bertz CT molecular complexity index is 308. The second-order valence-electron chi connectivity index (χ2n) is 7.30. The average Bonchev–Trinajstić information content (AvgIpc) is 2.87. The van der Waals surface area contributed by atoms with Crippen LogP contribution < -0.4 is 10.6 Å². The Kier molecular flexibility index (Phi) is 4.00. The van der Waals surface area contributed by atoms with Gasteiger partial charge in [0.25, 0.3) is 0 Å². The fourth-order valence-electron chi connectivity index (χ4n) is 3.66. The number of rotatable bonds is 4. The van der Waals surface area contributed by atoms with E-state index in [0.29, 0.717) is 12.6 Å².